The van der Waals surface area contributed by atoms with Gasteiger partial charge in [0.25, 0.3) is 0 Å². The third-order valence-electron chi connectivity index (χ3n) is 7.24. The molecule has 6 rings (SSSR count). The fraction of sp³-hybridized carbons (Fsp3) is 0.268. The van der Waals surface area contributed by atoms with Crippen molar-refractivity contribution in [3.8, 4) is 0 Å². The van der Waals surface area contributed by atoms with Gasteiger partial charge in [0.2, 0.25) is 0 Å². The van der Waals surface area contributed by atoms with E-state index >= 15 is 0 Å². The first kappa shape index (κ1) is 36.8. The maximum absolute atomic E-state index is 5.07. The predicted molar refractivity (Wildman–Crippen MR) is 188 cm³/mol. The van der Waals surface area contributed by atoms with Crippen molar-refractivity contribution in [3.63, 3.8) is 0 Å². The van der Waals surface area contributed by atoms with Crippen LogP contribution in [0.4, 0.5) is 5.69 Å². The molecule has 4 aromatic carbocycles. The Hall–Kier alpha value is -3.43. The van der Waals surface area contributed by atoms with Crippen molar-refractivity contribution in [2.75, 3.05) is 0 Å². The van der Waals surface area contributed by atoms with Crippen LogP contribution in [0, 0.1) is 20.8 Å². The minimum absolute atomic E-state index is 0. The molecule has 2 nitrogen and oxygen atoms in total. The van der Waals surface area contributed by atoms with Crippen LogP contribution in [0.2, 0.25) is 0 Å². The van der Waals surface area contributed by atoms with Crippen LogP contribution < -0.4 is 0 Å². The molecule has 5 aromatic rings. The summed E-state index contributed by atoms with van der Waals surface area (Å²) in [5, 5.41) is 6.30. The number of aryl methyl sites for hydroxylation is 2. The summed E-state index contributed by atoms with van der Waals surface area (Å²) in [6, 6.07) is 39.0. The zero-order valence-corrected chi connectivity index (χ0v) is 30.3. The first-order chi connectivity index (χ1) is 21.0. The van der Waals surface area contributed by atoms with Gasteiger partial charge in [-0.05, 0) is 30.7 Å². The van der Waals surface area contributed by atoms with Crippen molar-refractivity contribution in [1.29, 1.82) is 0 Å². The zero-order valence-electron chi connectivity index (χ0n) is 26.7. The summed E-state index contributed by atoms with van der Waals surface area (Å²) in [5.74, 6) is 0. The van der Waals surface area contributed by atoms with Crippen molar-refractivity contribution in [1.82, 2.24) is 4.98 Å². The van der Waals surface area contributed by atoms with Crippen molar-refractivity contribution >= 4 is 16.6 Å². The van der Waals surface area contributed by atoms with E-state index in [2.05, 4.69) is 58.9 Å². The zero-order chi connectivity index (χ0) is 30.7. The van der Waals surface area contributed by atoms with E-state index in [1.165, 1.54) is 60.9 Å². The topological polar surface area (TPSA) is 27.0 Å². The van der Waals surface area contributed by atoms with Crippen molar-refractivity contribution in [2.24, 2.45) is 0 Å². The second-order valence-electron chi connectivity index (χ2n) is 11.0. The Morgan fingerprint density at radius 3 is 1.61 bits per heavy atom. The number of fused-ring (bicyclic) bond motifs is 3. The maximum atomic E-state index is 5.07. The number of hydrogen-bond donors (Lipinski definition) is 0. The molecule has 0 aliphatic carbocycles. The van der Waals surface area contributed by atoms with Gasteiger partial charge in [0.15, 0.2) is 0 Å². The van der Waals surface area contributed by atoms with Crippen LogP contribution in [-0.4, -0.2) is 11.0 Å². The Labute approximate surface area is 286 Å². The van der Waals surface area contributed by atoms with Crippen LogP contribution in [0.1, 0.15) is 80.3 Å². The number of nitrogens with zero attached hydrogens (tertiary/aromatic N) is 2. The van der Waals surface area contributed by atoms with Gasteiger partial charge in [0, 0.05) is 31.5 Å². The van der Waals surface area contributed by atoms with Gasteiger partial charge in [-0.1, -0.05) is 87.9 Å². The van der Waals surface area contributed by atoms with Gasteiger partial charge >= 0.3 is 0 Å². The molecule has 0 radical (unpaired) electrons. The van der Waals surface area contributed by atoms with E-state index < -0.39 is 0 Å². The molecule has 3 heteroatoms. The molecule has 0 spiro atoms. The molecule has 1 aliphatic heterocycles. The monoisotopic (exact) mass is 748 g/mol. The minimum atomic E-state index is 0. The third kappa shape index (κ3) is 13.5. The van der Waals surface area contributed by atoms with Crippen LogP contribution in [-0.2, 0) is 38.7 Å². The molecule has 0 N–H and O–H groups in total. The Morgan fingerprint density at radius 1 is 0.659 bits per heavy atom. The first-order valence-corrected chi connectivity index (χ1v) is 15.7. The number of rotatable bonds is 6. The summed E-state index contributed by atoms with van der Waals surface area (Å²) in [4.78, 5) is 4.95. The van der Waals surface area contributed by atoms with Crippen molar-refractivity contribution < 1.29 is 25.8 Å². The van der Waals surface area contributed by atoms with Gasteiger partial charge in [0.1, 0.15) is 0 Å². The third-order valence-corrected chi connectivity index (χ3v) is 7.24. The van der Waals surface area contributed by atoms with Crippen molar-refractivity contribution in [3.05, 3.63) is 169 Å². The van der Waals surface area contributed by atoms with Crippen LogP contribution in [0.25, 0.3) is 16.2 Å². The van der Waals surface area contributed by atoms with E-state index in [1.54, 1.807) is 0 Å². The molecule has 1 aromatic heterocycles. The number of benzene rings is 4. The Kier molecular flexibility index (Phi) is 17.8. The van der Waals surface area contributed by atoms with E-state index in [4.69, 9.17) is 10.3 Å². The summed E-state index contributed by atoms with van der Waals surface area (Å²) in [5.41, 5.74) is 8.14. The molecule has 0 fully saturated rings. The summed E-state index contributed by atoms with van der Waals surface area (Å²) in [7, 11) is 0. The van der Waals surface area contributed by atoms with Crippen LogP contribution in [0.5, 0.6) is 0 Å². The summed E-state index contributed by atoms with van der Waals surface area (Å²) in [6.45, 7) is 15.7. The molecule has 44 heavy (non-hydrogen) atoms. The van der Waals surface area contributed by atoms with Gasteiger partial charge in [0.05, 0.1) is 5.52 Å². The van der Waals surface area contributed by atoms with E-state index in [0.717, 1.165) is 35.0 Å². The second kappa shape index (κ2) is 21.3. The smallest absolute Gasteiger partial charge is 0.0559 e. The predicted octanol–water partition coefficient (Wildman–Crippen LogP) is 11.7. The van der Waals surface area contributed by atoms with Gasteiger partial charge in [-0.3, -0.25) is 4.98 Å². The largest absolute Gasteiger partial charge is 0.680 e. The van der Waals surface area contributed by atoms with Crippen LogP contribution in [0.15, 0.2) is 115 Å². The normalized spacial score (nSPS) is 12.7. The Morgan fingerprint density at radius 2 is 1.16 bits per heavy atom. The van der Waals surface area contributed by atoms with Gasteiger partial charge in [-0.15, -0.1) is 48.1 Å². The quantitative estimate of drug-likeness (QED) is 0.126. The molecule has 1 atom stereocenters. The molecule has 230 valence electrons. The molecular weight excluding hydrogens is 699 g/mol. The van der Waals surface area contributed by atoms with Crippen LogP contribution in [0.3, 0.4) is 0 Å². The summed E-state index contributed by atoms with van der Waals surface area (Å²) in [6.07, 6.45) is 9.63. The molecule has 0 amide bonds. The van der Waals surface area contributed by atoms with Gasteiger partial charge < -0.3 is 5.32 Å². The Balaban J connectivity index is 0.000000249. The first-order valence-electron chi connectivity index (χ1n) is 15.7. The van der Waals surface area contributed by atoms with Crippen LogP contribution >= 0.6 is 0 Å². The fourth-order valence-corrected chi connectivity index (χ4v) is 4.75. The summed E-state index contributed by atoms with van der Waals surface area (Å²) >= 11 is 0. The number of aromatic nitrogens is 1. The standard InChI is InChI=1S/C20H27N2.3C7H7.Hf/c1-3-5-7-17-13-11-15-9-10-16-12-14-18(8-6-4-2)22-20(16)19(15)21-17;3*1-7-5-3-2-4-6-7;/h9-11,13,18H,3-8,12,14H2,1-2H3;3*2-6H,1H2;/q4*-1;. The summed E-state index contributed by atoms with van der Waals surface area (Å²) < 4.78 is 0. The molecule has 2 heterocycles. The average Bonchev–Trinajstić information content (AvgIpc) is 3.04. The molecule has 0 bridgehead atoms. The number of unbranched alkanes of at least 4 members (excludes halogenated alkanes) is 2. The molecule has 0 saturated heterocycles. The number of hydrogen-bond acceptors (Lipinski definition) is 1. The molecule has 1 aliphatic rings. The number of pyridine rings is 1. The molecule has 0 saturated carbocycles. The van der Waals surface area contributed by atoms with E-state index in [1.807, 2.05) is 91.0 Å². The van der Waals surface area contributed by atoms with Gasteiger partial charge in [-0.2, -0.15) is 73.9 Å². The molecule has 1 unspecified atom stereocenters. The minimum Gasteiger partial charge on any atom is -0.680 e. The van der Waals surface area contributed by atoms with Gasteiger partial charge in [-0.25, -0.2) is 0 Å². The SMILES string of the molecule is CCCCc1ccc2ccc3c(c2n1)[N-]C(CCCC)CC3.[CH2-]c1ccccc1.[CH2-]c1ccccc1.[CH2-]c1ccccc1.[Hf]. The molecular formula is C41H48HfN2-4. The van der Waals surface area contributed by atoms with E-state index in [9.17, 15) is 0 Å². The van der Waals surface area contributed by atoms with E-state index in [-0.39, 0.29) is 25.8 Å². The Bertz CT molecular complexity index is 1350. The second-order valence-corrected chi connectivity index (χ2v) is 11.0. The fourth-order valence-electron chi connectivity index (χ4n) is 4.75. The average molecular weight is 747 g/mol. The maximum Gasteiger partial charge on any atom is 0.0559 e. The van der Waals surface area contributed by atoms with E-state index in [0.29, 0.717) is 6.04 Å². The van der Waals surface area contributed by atoms with Crippen molar-refractivity contribution in [2.45, 2.75) is 71.3 Å².